The van der Waals surface area contributed by atoms with Gasteiger partial charge in [-0.15, -0.1) is 23.1 Å². The first-order valence-electron chi connectivity index (χ1n) is 6.80. The van der Waals surface area contributed by atoms with Crippen molar-refractivity contribution in [3.05, 3.63) is 16.1 Å². The lowest BCUT2D eigenvalue weighted by molar-refractivity contribution is 0.628. The second kappa shape index (κ2) is 6.16. The predicted octanol–water partition coefficient (Wildman–Crippen LogP) is 3.87. The van der Waals surface area contributed by atoms with Gasteiger partial charge in [0.05, 0.1) is 17.0 Å². The summed E-state index contributed by atoms with van der Waals surface area (Å²) in [7, 11) is 0. The third kappa shape index (κ3) is 2.74. The molecule has 2 fully saturated rings. The molecule has 3 heterocycles. The van der Waals surface area contributed by atoms with E-state index in [1.54, 1.807) is 0 Å². The van der Waals surface area contributed by atoms with Gasteiger partial charge in [0.25, 0.3) is 0 Å². The molecule has 0 radical (unpaired) electrons. The van der Waals surface area contributed by atoms with Crippen LogP contribution in [0, 0.1) is 0 Å². The molecule has 0 bridgehead atoms. The molecule has 2 saturated heterocycles. The van der Waals surface area contributed by atoms with Gasteiger partial charge in [-0.3, -0.25) is 0 Å². The Morgan fingerprint density at radius 1 is 1.39 bits per heavy atom. The van der Waals surface area contributed by atoms with Crippen LogP contribution in [0.15, 0.2) is 5.38 Å². The standard InChI is InChI=1S/C13H20N2S3/c1-2-11-12(17-7-6-16-11)13-15-10(8-18-13)9-4-3-5-14-9/h8-9,11-12,14H,2-7H2,1H3. The molecule has 100 valence electrons. The van der Waals surface area contributed by atoms with E-state index in [2.05, 4.69) is 41.1 Å². The average molecular weight is 301 g/mol. The van der Waals surface area contributed by atoms with Crippen LogP contribution in [0.1, 0.15) is 48.2 Å². The lowest BCUT2D eigenvalue weighted by Gasteiger charge is -2.28. The highest BCUT2D eigenvalue weighted by Crippen LogP contribution is 2.45. The first kappa shape index (κ1) is 13.3. The molecule has 2 nitrogen and oxygen atoms in total. The molecule has 0 spiro atoms. The molecule has 0 aromatic carbocycles. The second-order valence-corrected chi connectivity index (χ2v) is 8.35. The normalized spacial score (nSPS) is 32.8. The summed E-state index contributed by atoms with van der Waals surface area (Å²) < 4.78 is 0. The molecule has 2 aliphatic heterocycles. The van der Waals surface area contributed by atoms with Crippen LogP contribution in [0.3, 0.4) is 0 Å². The molecule has 3 unspecified atom stereocenters. The van der Waals surface area contributed by atoms with Crippen LogP contribution in [-0.2, 0) is 0 Å². The number of hydrogen-bond acceptors (Lipinski definition) is 5. The Hall–Kier alpha value is 0.290. The maximum Gasteiger partial charge on any atom is 0.107 e. The van der Waals surface area contributed by atoms with Crippen molar-refractivity contribution in [1.29, 1.82) is 0 Å². The summed E-state index contributed by atoms with van der Waals surface area (Å²) >= 11 is 6.13. The van der Waals surface area contributed by atoms with Gasteiger partial charge in [-0.05, 0) is 25.8 Å². The van der Waals surface area contributed by atoms with Gasteiger partial charge in [0.15, 0.2) is 0 Å². The lowest BCUT2D eigenvalue weighted by atomic mass is 10.2. The van der Waals surface area contributed by atoms with Gasteiger partial charge in [0, 0.05) is 22.1 Å². The third-order valence-electron chi connectivity index (χ3n) is 3.65. The monoisotopic (exact) mass is 300 g/mol. The van der Waals surface area contributed by atoms with E-state index in [-0.39, 0.29) is 0 Å². The minimum atomic E-state index is 0.524. The molecule has 0 amide bonds. The maximum absolute atomic E-state index is 4.94. The SMILES string of the molecule is CCC1SCCSC1c1nc(C2CCCN2)cs1. The van der Waals surface area contributed by atoms with Gasteiger partial charge >= 0.3 is 0 Å². The number of hydrogen-bond donors (Lipinski definition) is 1. The quantitative estimate of drug-likeness (QED) is 0.916. The Labute approximate surface area is 122 Å². The Bertz CT molecular complexity index is 387. The number of nitrogens with one attached hydrogen (secondary N) is 1. The van der Waals surface area contributed by atoms with Crippen molar-refractivity contribution in [2.45, 2.75) is 42.7 Å². The summed E-state index contributed by atoms with van der Waals surface area (Å²) in [4.78, 5) is 4.94. The summed E-state index contributed by atoms with van der Waals surface area (Å²) in [5.41, 5.74) is 1.29. The zero-order valence-corrected chi connectivity index (χ0v) is 13.2. The Morgan fingerprint density at radius 3 is 3.06 bits per heavy atom. The van der Waals surface area contributed by atoms with Crippen molar-refractivity contribution >= 4 is 34.9 Å². The second-order valence-electron chi connectivity index (χ2n) is 4.87. The van der Waals surface area contributed by atoms with E-state index in [1.165, 1.54) is 41.5 Å². The lowest BCUT2D eigenvalue weighted by Crippen LogP contribution is -2.18. The van der Waals surface area contributed by atoms with Gasteiger partial charge in [-0.1, -0.05) is 6.92 Å². The van der Waals surface area contributed by atoms with Gasteiger partial charge in [-0.25, -0.2) is 4.98 Å². The Morgan fingerprint density at radius 2 is 2.28 bits per heavy atom. The number of rotatable bonds is 3. The topological polar surface area (TPSA) is 24.9 Å². The zero-order valence-electron chi connectivity index (χ0n) is 10.7. The zero-order chi connectivity index (χ0) is 12.4. The van der Waals surface area contributed by atoms with E-state index < -0.39 is 0 Å². The molecule has 3 rings (SSSR count). The predicted molar refractivity (Wildman–Crippen MR) is 83.8 cm³/mol. The van der Waals surface area contributed by atoms with Crippen molar-refractivity contribution in [3.63, 3.8) is 0 Å². The van der Waals surface area contributed by atoms with Crippen LogP contribution in [0.4, 0.5) is 0 Å². The van der Waals surface area contributed by atoms with Crippen molar-refractivity contribution in [1.82, 2.24) is 10.3 Å². The van der Waals surface area contributed by atoms with E-state index in [0.717, 1.165) is 11.8 Å². The molecule has 1 N–H and O–H groups in total. The summed E-state index contributed by atoms with van der Waals surface area (Å²) in [5.74, 6) is 2.59. The third-order valence-corrected chi connectivity index (χ3v) is 8.00. The molecule has 18 heavy (non-hydrogen) atoms. The molecule has 1 aromatic heterocycles. The van der Waals surface area contributed by atoms with Crippen LogP contribution in [0.5, 0.6) is 0 Å². The maximum atomic E-state index is 4.94. The highest BCUT2D eigenvalue weighted by Gasteiger charge is 2.29. The van der Waals surface area contributed by atoms with E-state index in [9.17, 15) is 0 Å². The molecule has 3 atom stereocenters. The highest BCUT2D eigenvalue weighted by molar-refractivity contribution is 8.06. The van der Waals surface area contributed by atoms with Crippen LogP contribution < -0.4 is 5.32 Å². The fourth-order valence-electron chi connectivity index (χ4n) is 2.66. The minimum absolute atomic E-state index is 0.524. The van der Waals surface area contributed by atoms with Crippen LogP contribution in [0.2, 0.25) is 0 Å². The van der Waals surface area contributed by atoms with Gasteiger partial charge in [0.1, 0.15) is 5.01 Å². The Kier molecular flexibility index (Phi) is 4.55. The van der Waals surface area contributed by atoms with E-state index in [4.69, 9.17) is 4.98 Å². The number of thioether (sulfide) groups is 2. The van der Waals surface area contributed by atoms with Crippen LogP contribution in [-0.4, -0.2) is 28.3 Å². The first-order valence-corrected chi connectivity index (χ1v) is 9.78. The number of nitrogens with zero attached hydrogens (tertiary/aromatic N) is 1. The molecule has 1 aromatic rings. The fourth-order valence-corrected chi connectivity index (χ4v) is 6.97. The molecule has 5 heteroatoms. The number of thiazole rings is 1. The van der Waals surface area contributed by atoms with Gasteiger partial charge in [0.2, 0.25) is 0 Å². The van der Waals surface area contributed by atoms with Crippen LogP contribution >= 0.6 is 34.9 Å². The largest absolute Gasteiger partial charge is 0.309 e. The molecule has 2 aliphatic rings. The Balaban J connectivity index is 1.74. The molecule has 0 saturated carbocycles. The van der Waals surface area contributed by atoms with E-state index in [0.29, 0.717) is 11.3 Å². The van der Waals surface area contributed by atoms with Crippen molar-refractivity contribution < 1.29 is 0 Å². The van der Waals surface area contributed by atoms with Crippen molar-refractivity contribution in [2.24, 2.45) is 0 Å². The minimum Gasteiger partial charge on any atom is -0.309 e. The molecular weight excluding hydrogens is 280 g/mol. The molecule has 0 aliphatic carbocycles. The first-order chi connectivity index (χ1) is 8.88. The van der Waals surface area contributed by atoms with Crippen molar-refractivity contribution in [2.75, 3.05) is 18.1 Å². The summed E-state index contributed by atoms with van der Waals surface area (Å²) in [6, 6.07) is 0.524. The summed E-state index contributed by atoms with van der Waals surface area (Å²) in [5, 5.41) is 8.59. The summed E-state index contributed by atoms with van der Waals surface area (Å²) in [6.07, 6.45) is 3.81. The van der Waals surface area contributed by atoms with Gasteiger partial charge in [-0.2, -0.15) is 11.8 Å². The van der Waals surface area contributed by atoms with Gasteiger partial charge < -0.3 is 5.32 Å². The van der Waals surface area contributed by atoms with E-state index in [1.807, 2.05) is 11.3 Å². The van der Waals surface area contributed by atoms with Crippen molar-refractivity contribution in [3.8, 4) is 0 Å². The molecular formula is C13H20N2S3. The highest BCUT2D eigenvalue weighted by atomic mass is 32.2. The smallest absolute Gasteiger partial charge is 0.107 e. The van der Waals surface area contributed by atoms with E-state index >= 15 is 0 Å². The average Bonchev–Trinajstić information content (AvgIpc) is 3.09. The number of aromatic nitrogens is 1. The fraction of sp³-hybridized carbons (Fsp3) is 0.769. The summed E-state index contributed by atoms with van der Waals surface area (Å²) in [6.45, 7) is 3.47. The van der Waals surface area contributed by atoms with Crippen LogP contribution in [0.25, 0.3) is 0 Å².